The third-order valence-electron chi connectivity index (χ3n) is 2.95. The van der Waals surface area contributed by atoms with Crippen LogP contribution in [0, 0.1) is 0 Å². The van der Waals surface area contributed by atoms with E-state index in [0.717, 1.165) is 38.0 Å². The Bertz CT molecular complexity index is 364. The maximum atomic E-state index is 5.62. The summed E-state index contributed by atoms with van der Waals surface area (Å²) >= 11 is 0. The van der Waals surface area contributed by atoms with Gasteiger partial charge in [0.2, 0.25) is 0 Å². The minimum Gasteiger partial charge on any atom is -0.497 e. The molecule has 1 aliphatic rings. The Morgan fingerprint density at radius 1 is 1.53 bits per heavy atom. The average molecular weight is 233 g/mol. The van der Waals surface area contributed by atoms with Gasteiger partial charge in [0.15, 0.2) is 0 Å². The summed E-state index contributed by atoms with van der Waals surface area (Å²) in [5, 5.41) is 0. The summed E-state index contributed by atoms with van der Waals surface area (Å²) in [4.78, 5) is 4.10. The molecule has 92 valence electrons. The zero-order chi connectivity index (χ0) is 11.9. The van der Waals surface area contributed by atoms with Crippen molar-refractivity contribution in [1.29, 1.82) is 0 Å². The lowest BCUT2D eigenvalue weighted by Gasteiger charge is -2.23. The molecule has 2 heterocycles. The summed E-state index contributed by atoms with van der Waals surface area (Å²) < 4.78 is 5.62. The van der Waals surface area contributed by atoms with Gasteiger partial charge in [-0.1, -0.05) is 6.07 Å². The van der Waals surface area contributed by atoms with E-state index in [2.05, 4.69) is 22.6 Å². The summed E-state index contributed by atoms with van der Waals surface area (Å²) in [7, 11) is 0. The first-order valence-electron chi connectivity index (χ1n) is 6.08. The van der Waals surface area contributed by atoms with Crippen LogP contribution >= 0.6 is 0 Å². The van der Waals surface area contributed by atoms with Crippen molar-refractivity contribution in [3.63, 3.8) is 0 Å². The molecular weight excluding hydrogens is 214 g/mol. The van der Waals surface area contributed by atoms with E-state index >= 15 is 0 Å². The average Bonchev–Trinajstić information content (AvgIpc) is 2.42. The van der Waals surface area contributed by atoms with Gasteiger partial charge < -0.3 is 4.74 Å². The van der Waals surface area contributed by atoms with E-state index in [0.29, 0.717) is 0 Å². The van der Waals surface area contributed by atoms with Crippen LogP contribution < -0.4 is 11.3 Å². The predicted molar refractivity (Wildman–Crippen MR) is 66.9 cm³/mol. The maximum Gasteiger partial charge on any atom is 0.110 e. The van der Waals surface area contributed by atoms with Crippen LogP contribution in [0.5, 0.6) is 0 Å². The van der Waals surface area contributed by atoms with Crippen molar-refractivity contribution >= 4 is 0 Å². The second-order valence-corrected chi connectivity index (χ2v) is 4.22. The van der Waals surface area contributed by atoms with Crippen molar-refractivity contribution in [2.45, 2.75) is 31.7 Å². The molecule has 0 bridgehead atoms. The lowest BCUT2D eigenvalue weighted by molar-refractivity contribution is 0.165. The van der Waals surface area contributed by atoms with Crippen LogP contribution in [0.25, 0.3) is 0 Å². The topological polar surface area (TPSA) is 60.2 Å². The number of hydrazine groups is 1. The highest BCUT2D eigenvalue weighted by Crippen LogP contribution is 2.17. The van der Waals surface area contributed by atoms with Crippen LogP contribution in [-0.4, -0.2) is 17.6 Å². The number of aromatic nitrogens is 1. The fraction of sp³-hybridized carbons (Fsp3) is 0.462. The fourth-order valence-corrected chi connectivity index (χ4v) is 1.98. The first kappa shape index (κ1) is 12.1. The molecule has 0 spiro atoms. The molecule has 4 nitrogen and oxygen atoms in total. The van der Waals surface area contributed by atoms with Gasteiger partial charge in [0, 0.05) is 12.4 Å². The summed E-state index contributed by atoms with van der Waals surface area (Å²) in [5.74, 6) is 6.57. The van der Waals surface area contributed by atoms with Crippen molar-refractivity contribution < 1.29 is 4.74 Å². The molecule has 3 N–H and O–H groups in total. The molecule has 0 aliphatic carbocycles. The van der Waals surface area contributed by atoms with Gasteiger partial charge in [-0.2, -0.15) is 0 Å². The van der Waals surface area contributed by atoms with E-state index < -0.39 is 0 Å². The number of nitrogens with zero attached hydrogens (tertiary/aromatic N) is 1. The Morgan fingerprint density at radius 3 is 3.12 bits per heavy atom. The van der Waals surface area contributed by atoms with Gasteiger partial charge in [-0.25, -0.2) is 5.43 Å². The first-order chi connectivity index (χ1) is 8.40. The number of hydrogen-bond acceptors (Lipinski definition) is 4. The van der Waals surface area contributed by atoms with Gasteiger partial charge in [-0.05, 0) is 43.4 Å². The van der Waals surface area contributed by atoms with Crippen LogP contribution in [0.2, 0.25) is 0 Å². The largest absolute Gasteiger partial charge is 0.497 e. The highest BCUT2D eigenvalue weighted by Gasteiger charge is 2.16. The molecule has 1 unspecified atom stereocenters. The molecular formula is C13H19N3O. The van der Waals surface area contributed by atoms with E-state index in [9.17, 15) is 0 Å². The summed E-state index contributed by atoms with van der Waals surface area (Å²) in [5.41, 5.74) is 4.05. The van der Waals surface area contributed by atoms with Crippen LogP contribution in [0.3, 0.4) is 0 Å². The highest BCUT2D eigenvalue weighted by molar-refractivity contribution is 5.11. The number of nitrogens with two attached hydrogens (primary N) is 1. The number of rotatable bonds is 5. The third-order valence-corrected chi connectivity index (χ3v) is 2.95. The molecule has 1 aliphatic heterocycles. The number of pyridine rings is 1. The van der Waals surface area contributed by atoms with Gasteiger partial charge in [0.25, 0.3) is 0 Å². The van der Waals surface area contributed by atoms with Gasteiger partial charge >= 0.3 is 0 Å². The Hall–Kier alpha value is -1.39. The summed E-state index contributed by atoms with van der Waals surface area (Å²) in [6, 6.07) is 4.14. The molecule has 0 radical (unpaired) electrons. The van der Waals surface area contributed by atoms with Crippen molar-refractivity contribution in [2.24, 2.45) is 5.84 Å². The predicted octanol–water partition coefficient (Wildman–Crippen LogP) is 1.54. The van der Waals surface area contributed by atoms with Crippen molar-refractivity contribution in [1.82, 2.24) is 10.4 Å². The quantitative estimate of drug-likeness (QED) is 0.598. The van der Waals surface area contributed by atoms with Gasteiger partial charge in [0.05, 0.1) is 12.6 Å². The molecule has 0 fully saturated rings. The van der Waals surface area contributed by atoms with Gasteiger partial charge in [-0.15, -0.1) is 0 Å². The van der Waals surface area contributed by atoms with Crippen LogP contribution in [-0.2, 0) is 11.2 Å². The minimum atomic E-state index is 0.107. The van der Waals surface area contributed by atoms with E-state index in [-0.39, 0.29) is 6.04 Å². The Balaban J connectivity index is 1.89. The molecule has 0 saturated heterocycles. The van der Waals surface area contributed by atoms with Crippen molar-refractivity contribution in [3.05, 3.63) is 41.9 Å². The Kier molecular flexibility index (Phi) is 4.53. The number of hydrogen-bond donors (Lipinski definition) is 2. The molecule has 0 amide bonds. The molecule has 1 aromatic rings. The SMILES string of the molecule is NNC(CCc1cccnc1)C1=CCCCO1. The zero-order valence-corrected chi connectivity index (χ0v) is 9.93. The third kappa shape index (κ3) is 3.54. The van der Waals surface area contributed by atoms with Crippen LogP contribution in [0.4, 0.5) is 0 Å². The molecule has 0 saturated carbocycles. The Morgan fingerprint density at radius 2 is 2.47 bits per heavy atom. The maximum absolute atomic E-state index is 5.62. The fourth-order valence-electron chi connectivity index (χ4n) is 1.98. The van der Waals surface area contributed by atoms with Crippen molar-refractivity contribution in [3.8, 4) is 0 Å². The molecule has 17 heavy (non-hydrogen) atoms. The molecule has 0 aromatic carbocycles. The van der Waals surface area contributed by atoms with Crippen molar-refractivity contribution in [2.75, 3.05) is 6.61 Å². The molecule has 1 aromatic heterocycles. The monoisotopic (exact) mass is 233 g/mol. The van der Waals surface area contributed by atoms with Crippen LogP contribution in [0.1, 0.15) is 24.8 Å². The second kappa shape index (κ2) is 6.37. The lowest BCUT2D eigenvalue weighted by Crippen LogP contribution is -2.38. The summed E-state index contributed by atoms with van der Waals surface area (Å²) in [6.07, 6.45) is 9.87. The number of ether oxygens (including phenoxy) is 1. The zero-order valence-electron chi connectivity index (χ0n) is 9.93. The van der Waals surface area contributed by atoms with E-state index in [1.54, 1.807) is 6.20 Å². The normalized spacial score (nSPS) is 17.1. The number of nitrogens with one attached hydrogen (secondary N) is 1. The highest BCUT2D eigenvalue weighted by atomic mass is 16.5. The second-order valence-electron chi connectivity index (χ2n) is 4.22. The Labute approximate surface area is 102 Å². The summed E-state index contributed by atoms with van der Waals surface area (Å²) in [6.45, 7) is 0.802. The van der Waals surface area contributed by atoms with Gasteiger partial charge in [0.1, 0.15) is 5.76 Å². The molecule has 2 rings (SSSR count). The number of allylic oxidation sites excluding steroid dienone is 1. The first-order valence-corrected chi connectivity index (χ1v) is 6.08. The standard InChI is InChI=1S/C13H19N3O/c14-16-12(13-5-1-2-9-17-13)7-6-11-4-3-8-15-10-11/h3-5,8,10,12,16H,1-2,6-7,9,14H2. The molecule has 4 heteroatoms. The molecule has 1 atom stereocenters. The van der Waals surface area contributed by atoms with Gasteiger partial charge in [-0.3, -0.25) is 10.8 Å². The number of aryl methyl sites for hydroxylation is 1. The smallest absolute Gasteiger partial charge is 0.110 e. The van der Waals surface area contributed by atoms with Crippen LogP contribution in [0.15, 0.2) is 36.4 Å². The lowest BCUT2D eigenvalue weighted by atomic mass is 10.0. The van der Waals surface area contributed by atoms with E-state index in [4.69, 9.17) is 10.6 Å². The minimum absolute atomic E-state index is 0.107. The van der Waals surface area contributed by atoms with E-state index in [1.165, 1.54) is 5.56 Å². The van der Waals surface area contributed by atoms with E-state index in [1.807, 2.05) is 12.3 Å².